The molecular weight excluding hydrogens is 324 g/mol. The molecule has 0 radical (unpaired) electrons. The van der Waals surface area contributed by atoms with Gasteiger partial charge in [-0.15, -0.1) is 0 Å². The van der Waals surface area contributed by atoms with Crippen molar-refractivity contribution >= 4 is 22.7 Å². The number of aromatic nitrogens is 3. The molecule has 136 valence electrons. The Kier molecular flexibility index (Phi) is 4.75. The number of para-hydroxylation sites is 1. The van der Waals surface area contributed by atoms with Gasteiger partial charge in [0.25, 0.3) is 0 Å². The summed E-state index contributed by atoms with van der Waals surface area (Å²) in [4.78, 5) is 17.3. The van der Waals surface area contributed by atoms with E-state index in [1.54, 1.807) is 0 Å². The van der Waals surface area contributed by atoms with Crippen LogP contribution in [0.4, 0.5) is 11.8 Å². The van der Waals surface area contributed by atoms with E-state index in [-0.39, 0.29) is 0 Å². The number of aryl methyl sites for hydroxylation is 1. The molecule has 3 aromatic rings. The zero-order valence-corrected chi connectivity index (χ0v) is 15.5. The van der Waals surface area contributed by atoms with Gasteiger partial charge in [0.1, 0.15) is 5.82 Å². The van der Waals surface area contributed by atoms with Gasteiger partial charge in [0.2, 0.25) is 5.95 Å². The fourth-order valence-corrected chi connectivity index (χ4v) is 3.48. The van der Waals surface area contributed by atoms with Gasteiger partial charge < -0.3 is 20.1 Å². The molecule has 4 rings (SSSR count). The van der Waals surface area contributed by atoms with Crippen molar-refractivity contribution in [2.45, 2.75) is 13.3 Å². The second-order valence-electron chi connectivity index (χ2n) is 7.02. The summed E-state index contributed by atoms with van der Waals surface area (Å²) >= 11 is 0. The van der Waals surface area contributed by atoms with Gasteiger partial charge in [-0.3, -0.25) is 0 Å². The van der Waals surface area contributed by atoms with Crippen LogP contribution < -0.4 is 10.2 Å². The Morgan fingerprint density at radius 3 is 2.77 bits per heavy atom. The molecule has 1 saturated heterocycles. The number of nitrogens with zero attached hydrogens (tertiary/aromatic N) is 4. The lowest BCUT2D eigenvalue weighted by Gasteiger charge is -2.33. The lowest BCUT2D eigenvalue weighted by Crippen LogP contribution is -2.44. The molecule has 0 bridgehead atoms. The standard InChI is InChI=1S/C20H26N6/c1-15-13-19(26-11-9-25(2)10-12-26)24-20(23-15)21-8-7-16-14-22-18-6-4-3-5-17(16)18/h3-6,13-14,22H,7-12H2,1-2H3,(H,21,23,24). The summed E-state index contributed by atoms with van der Waals surface area (Å²) in [5, 5.41) is 4.69. The van der Waals surface area contributed by atoms with Gasteiger partial charge in [0, 0.05) is 61.6 Å². The van der Waals surface area contributed by atoms with E-state index in [1.807, 2.05) is 6.92 Å². The van der Waals surface area contributed by atoms with Crippen LogP contribution in [0.3, 0.4) is 0 Å². The quantitative estimate of drug-likeness (QED) is 0.741. The minimum absolute atomic E-state index is 0.721. The van der Waals surface area contributed by atoms with Crippen LogP contribution in [0.15, 0.2) is 36.5 Å². The van der Waals surface area contributed by atoms with Crippen molar-refractivity contribution in [3.05, 3.63) is 47.8 Å². The highest BCUT2D eigenvalue weighted by molar-refractivity contribution is 5.83. The van der Waals surface area contributed by atoms with Crippen LogP contribution in [0.5, 0.6) is 0 Å². The van der Waals surface area contributed by atoms with Crippen molar-refractivity contribution in [1.82, 2.24) is 19.9 Å². The molecule has 0 aliphatic carbocycles. The molecule has 0 amide bonds. The van der Waals surface area contributed by atoms with E-state index in [4.69, 9.17) is 4.98 Å². The molecule has 2 aromatic heterocycles. The minimum Gasteiger partial charge on any atom is -0.361 e. The molecule has 6 nitrogen and oxygen atoms in total. The second-order valence-corrected chi connectivity index (χ2v) is 7.02. The summed E-state index contributed by atoms with van der Waals surface area (Å²) < 4.78 is 0. The first-order valence-electron chi connectivity index (χ1n) is 9.27. The number of benzene rings is 1. The van der Waals surface area contributed by atoms with E-state index in [2.05, 4.69) is 68.7 Å². The Bertz CT molecular complexity index is 879. The predicted molar refractivity (Wildman–Crippen MR) is 107 cm³/mol. The van der Waals surface area contributed by atoms with Crippen LogP contribution in [0.25, 0.3) is 10.9 Å². The Labute approximate surface area is 154 Å². The topological polar surface area (TPSA) is 60.1 Å². The van der Waals surface area contributed by atoms with Crippen molar-refractivity contribution in [3.8, 4) is 0 Å². The zero-order chi connectivity index (χ0) is 17.9. The molecule has 1 aromatic carbocycles. The van der Waals surface area contributed by atoms with Crippen LogP contribution in [0.2, 0.25) is 0 Å². The minimum atomic E-state index is 0.721. The van der Waals surface area contributed by atoms with Crippen molar-refractivity contribution in [2.24, 2.45) is 0 Å². The number of hydrogen-bond acceptors (Lipinski definition) is 5. The molecule has 0 unspecified atom stereocenters. The van der Waals surface area contributed by atoms with Crippen LogP contribution in [0.1, 0.15) is 11.3 Å². The first-order chi connectivity index (χ1) is 12.7. The van der Waals surface area contributed by atoms with E-state index in [0.717, 1.165) is 56.6 Å². The lowest BCUT2D eigenvalue weighted by atomic mass is 10.1. The van der Waals surface area contributed by atoms with E-state index in [1.165, 1.54) is 16.5 Å². The van der Waals surface area contributed by atoms with E-state index in [9.17, 15) is 0 Å². The molecule has 3 heterocycles. The summed E-state index contributed by atoms with van der Waals surface area (Å²) in [6.07, 6.45) is 3.03. The summed E-state index contributed by atoms with van der Waals surface area (Å²) in [5.74, 6) is 1.75. The summed E-state index contributed by atoms with van der Waals surface area (Å²) in [7, 11) is 2.17. The van der Waals surface area contributed by atoms with Crippen LogP contribution in [-0.4, -0.2) is 59.6 Å². The lowest BCUT2D eigenvalue weighted by molar-refractivity contribution is 0.312. The molecule has 2 N–H and O–H groups in total. The van der Waals surface area contributed by atoms with Gasteiger partial charge in [-0.05, 0) is 32.0 Å². The number of aromatic amines is 1. The fourth-order valence-electron chi connectivity index (χ4n) is 3.48. The molecule has 26 heavy (non-hydrogen) atoms. The van der Waals surface area contributed by atoms with Crippen molar-refractivity contribution in [1.29, 1.82) is 0 Å². The normalized spacial score (nSPS) is 15.5. The van der Waals surface area contributed by atoms with Crippen LogP contribution in [0, 0.1) is 6.92 Å². The molecule has 0 atom stereocenters. The predicted octanol–water partition coefficient (Wildman–Crippen LogP) is 2.67. The highest BCUT2D eigenvalue weighted by Gasteiger charge is 2.16. The second kappa shape index (κ2) is 7.33. The van der Waals surface area contributed by atoms with Crippen LogP contribution in [-0.2, 0) is 6.42 Å². The number of fused-ring (bicyclic) bond motifs is 1. The first-order valence-corrected chi connectivity index (χ1v) is 9.27. The summed E-state index contributed by atoms with van der Waals surface area (Å²) in [6.45, 7) is 7.03. The zero-order valence-electron chi connectivity index (χ0n) is 15.5. The van der Waals surface area contributed by atoms with Crippen LogP contribution >= 0.6 is 0 Å². The average molecular weight is 350 g/mol. The third-order valence-corrected chi connectivity index (χ3v) is 5.02. The third-order valence-electron chi connectivity index (χ3n) is 5.02. The molecule has 6 heteroatoms. The Balaban J connectivity index is 1.41. The summed E-state index contributed by atoms with van der Waals surface area (Å²) in [5.41, 5.74) is 3.51. The maximum atomic E-state index is 4.74. The van der Waals surface area contributed by atoms with E-state index in [0.29, 0.717) is 0 Å². The van der Waals surface area contributed by atoms with Gasteiger partial charge in [-0.2, -0.15) is 4.98 Å². The Morgan fingerprint density at radius 1 is 1.12 bits per heavy atom. The van der Waals surface area contributed by atoms with Crippen molar-refractivity contribution in [3.63, 3.8) is 0 Å². The number of hydrogen-bond donors (Lipinski definition) is 2. The maximum absolute atomic E-state index is 4.74. The molecular formula is C20H26N6. The molecule has 1 fully saturated rings. The Hall–Kier alpha value is -2.60. The molecule has 0 spiro atoms. The number of H-pyrrole nitrogens is 1. The van der Waals surface area contributed by atoms with Gasteiger partial charge in [-0.1, -0.05) is 18.2 Å². The molecule has 1 aliphatic heterocycles. The van der Waals surface area contributed by atoms with E-state index < -0.39 is 0 Å². The number of nitrogens with one attached hydrogen (secondary N) is 2. The number of likely N-dealkylation sites (N-methyl/N-ethyl adjacent to an activating group) is 1. The number of anilines is 2. The average Bonchev–Trinajstić information content (AvgIpc) is 3.05. The molecule has 1 aliphatic rings. The third kappa shape index (κ3) is 3.65. The van der Waals surface area contributed by atoms with Crippen molar-refractivity contribution < 1.29 is 0 Å². The molecule has 0 saturated carbocycles. The van der Waals surface area contributed by atoms with Gasteiger partial charge >= 0.3 is 0 Å². The van der Waals surface area contributed by atoms with Gasteiger partial charge in [0.15, 0.2) is 0 Å². The smallest absolute Gasteiger partial charge is 0.224 e. The number of piperazine rings is 1. The van der Waals surface area contributed by atoms with E-state index >= 15 is 0 Å². The van der Waals surface area contributed by atoms with Crippen molar-refractivity contribution in [2.75, 3.05) is 50.0 Å². The first kappa shape index (κ1) is 16.8. The van der Waals surface area contributed by atoms with Gasteiger partial charge in [0.05, 0.1) is 0 Å². The highest BCUT2D eigenvalue weighted by atomic mass is 15.3. The monoisotopic (exact) mass is 350 g/mol. The van der Waals surface area contributed by atoms with Gasteiger partial charge in [-0.25, -0.2) is 4.98 Å². The Morgan fingerprint density at radius 2 is 1.92 bits per heavy atom. The fraction of sp³-hybridized carbons (Fsp3) is 0.400. The SMILES string of the molecule is Cc1cc(N2CCN(C)CC2)nc(NCCc2c[nH]c3ccccc23)n1. The largest absolute Gasteiger partial charge is 0.361 e. The highest BCUT2D eigenvalue weighted by Crippen LogP contribution is 2.19. The number of rotatable bonds is 5. The maximum Gasteiger partial charge on any atom is 0.224 e. The summed E-state index contributed by atoms with van der Waals surface area (Å²) in [6, 6.07) is 10.5.